The fraction of sp³-hybridized carbons (Fsp3) is 0.371. The number of ketones is 1. The number of fused-ring (bicyclic) bond motifs is 1. The van der Waals surface area contributed by atoms with Crippen molar-refractivity contribution >= 4 is 23.1 Å². The molecule has 1 amide bonds. The fourth-order valence-electron chi connectivity index (χ4n) is 6.51. The van der Waals surface area contributed by atoms with Crippen molar-refractivity contribution in [2.24, 2.45) is 5.92 Å². The Balaban J connectivity index is 1.56. The van der Waals surface area contributed by atoms with Crippen LogP contribution in [0.2, 0.25) is 0 Å². The van der Waals surface area contributed by atoms with Gasteiger partial charge in [0.25, 0.3) is 0 Å². The van der Waals surface area contributed by atoms with Crippen molar-refractivity contribution in [1.29, 1.82) is 0 Å². The van der Waals surface area contributed by atoms with E-state index in [1.54, 1.807) is 47.6 Å². The fourth-order valence-corrected chi connectivity index (χ4v) is 6.51. The number of Topliss-reactive ketones (excluding diaryl/α,β-unsaturated/α-hetero) is 1. The van der Waals surface area contributed by atoms with Crippen LogP contribution in [0.5, 0.6) is 34.5 Å². The molecule has 236 valence electrons. The monoisotopic (exact) mass is 614 g/mol. The first-order chi connectivity index (χ1) is 21.9. The Labute approximate surface area is 262 Å². The van der Waals surface area contributed by atoms with Crippen LogP contribution in [0.3, 0.4) is 0 Å². The van der Waals surface area contributed by atoms with Crippen LogP contribution in [0.1, 0.15) is 48.8 Å². The third-order valence-electron chi connectivity index (χ3n) is 8.81. The number of hydrogen-bond acceptors (Lipinski definition) is 9. The van der Waals surface area contributed by atoms with Gasteiger partial charge in [0.05, 0.1) is 60.1 Å². The molecule has 1 saturated carbocycles. The Morgan fingerprint density at radius 3 is 1.78 bits per heavy atom. The van der Waals surface area contributed by atoms with Gasteiger partial charge in [-0.2, -0.15) is 0 Å². The van der Waals surface area contributed by atoms with Crippen LogP contribution in [0, 0.1) is 5.92 Å². The topological polar surface area (TPSA) is 105 Å². The molecule has 0 saturated heterocycles. The van der Waals surface area contributed by atoms with Crippen molar-refractivity contribution in [2.45, 2.75) is 37.6 Å². The summed E-state index contributed by atoms with van der Waals surface area (Å²) >= 11 is 0. The zero-order valence-corrected chi connectivity index (χ0v) is 26.4. The molecule has 6 rings (SSSR count). The van der Waals surface area contributed by atoms with E-state index in [-0.39, 0.29) is 29.9 Å². The SMILES string of the molecule is COc1cc([C@H]2CC(=O)C3=C(C2)Nc2ccccc2N(C(=O)C2CC2)[C@H]3c2cc(OC)c(OC)c(OC)c2)cc(OC)c1OC. The Bertz CT molecular complexity index is 1630. The first-order valence-electron chi connectivity index (χ1n) is 14.9. The van der Waals surface area contributed by atoms with Gasteiger partial charge in [0.2, 0.25) is 17.4 Å². The van der Waals surface area contributed by atoms with Crippen LogP contribution in [-0.2, 0) is 9.59 Å². The average molecular weight is 615 g/mol. The first-order valence-corrected chi connectivity index (χ1v) is 14.9. The number of methoxy groups -OCH3 is 6. The van der Waals surface area contributed by atoms with E-state index in [0.29, 0.717) is 57.7 Å². The summed E-state index contributed by atoms with van der Waals surface area (Å²) in [6.07, 6.45) is 2.37. The molecule has 1 aliphatic heterocycles. The molecule has 2 atom stereocenters. The highest BCUT2D eigenvalue weighted by atomic mass is 16.5. The normalized spacial score (nSPS) is 19.1. The van der Waals surface area contributed by atoms with Crippen LogP contribution in [-0.4, -0.2) is 54.3 Å². The Kier molecular flexibility index (Phi) is 8.22. The number of allylic oxidation sites excluding steroid dienone is 1. The third-order valence-corrected chi connectivity index (χ3v) is 8.81. The second-order valence-electron chi connectivity index (χ2n) is 11.4. The van der Waals surface area contributed by atoms with Gasteiger partial charge in [0, 0.05) is 23.6 Å². The second kappa shape index (κ2) is 12.3. The van der Waals surface area contributed by atoms with E-state index in [1.807, 2.05) is 48.5 Å². The zero-order chi connectivity index (χ0) is 31.8. The van der Waals surface area contributed by atoms with Crippen LogP contribution < -0.4 is 38.6 Å². The molecule has 0 spiro atoms. The number of hydrogen-bond donors (Lipinski definition) is 1. The minimum atomic E-state index is -0.730. The summed E-state index contributed by atoms with van der Waals surface area (Å²) in [7, 11) is 9.36. The molecule has 3 aliphatic rings. The molecule has 0 radical (unpaired) electrons. The lowest BCUT2D eigenvalue weighted by molar-refractivity contribution is -0.120. The molecule has 3 aromatic rings. The van der Waals surface area contributed by atoms with Gasteiger partial charge in [-0.15, -0.1) is 0 Å². The van der Waals surface area contributed by atoms with Crippen molar-refractivity contribution in [2.75, 3.05) is 52.9 Å². The predicted molar refractivity (Wildman–Crippen MR) is 169 cm³/mol. The number of anilines is 2. The maximum atomic E-state index is 14.5. The van der Waals surface area contributed by atoms with E-state index in [9.17, 15) is 9.59 Å². The molecule has 2 aliphatic carbocycles. The number of ether oxygens (including phenoxy) is 6. The van der Waals surface area contributed by atoms with Gasteiger partial charge >= 0.3 is 0 Å². The lowest BCUT2D eigenvalue weighted by Gasteiger charge is -2.35. The number of carbonyl (C=O) groups excluding carboxylic acids is 2. The molecular weight excluding hydrogens is 576 g/mol. The van der Waals surface area contributed by atoms with E-state index in [0.717, 1.165) is 29.8 Å². The summed E-state index contributed by atoms with van der Waals surface area (Å²) in [5.74, 6) is 2.48. The van der Waals surface area contributed by atoms with Gasteiger partial charge < -0.3 is 33.7 Å². The Morgan fingerprint density at radius 1 is 0.733 bits per heavy atom. The molecule has 0 unspecified atom stereocenters. The van der Waals surface area contributed by atoms with E-state index in [4.69, 9.17) is 28.4 Å². The largest absolute Gasteiger partial charge is 0.493 e. The Hall–Kier alpha value is -4.86. The van der Waals surface area contributed by atoms with E-state index < -0.39 is 6.04 Å². The molecule has 1 fully saturated rings. The number of para-hydroxylation sites is 2. The molecule has 10 heteroatoms. The van der Waals surface area contributed by atoms with Gasteiger partial charge in [-0.1, -0.05) is 12.1 Å². The van der Waals surface area contributed by atoms with Crippen LogP contribution in [0.25, 0.3) is 0 Å². The number of rotatable bonds is 9. The predicted octanol–water partition coefficient (Wildman–Crippen LogP) is 6.05. The molecule has 45 heavy (non-hydrogen) atoms. The number of amides is 1. The van der Waals surface area contributed by atoms with Crippen molar-refractivity contribution in [3.63, 3.8) is 0 Å². The van der Waals surface area contributed by atoms with Crippen molar-refractivity contribution in [3.05, 3.63) is 70.9 Å². The summed E-state index contributed by atoms with van der Waals surface area (Å²) in [5.41, 5.74) is 4.33. The average Bonchev–Trinajstić information content (AvgIpc) is 3.93. The molecular formula is C35H38N2O8. The van der Waals surface area contributed by atoms with E-state index >= 15 is 0 Å². The quantitative estimate of drug-likeness (QED) is 0.309. The molecule has 1 N–H and O–H groups in total. The van der Waals surface area contributed by atoms with Gasteiger partial charge in [0.15, 0.2) is 28.8 Å². The summed E-state index contributed by atoms with van der Waals surface area (Å²) in [6.45, 7) is 0. The van der Waals surface area contributed by atoms with Crippen molar-refractivity contribution in [1.82, 2.24) is 0 Å². The molecule has 3 aromatic carbocycles. The third kappa shape index (κ3) is 5.28. The Morgan fingerprint density at radius 2 is 1.27 bits per heavy atom. The first kappa shape index (κ1) is 30.2. The zero-order valence-electron chi connectivity index (χ0n) is 26.4. The highest BCUT2D eigenvalue weighted by molar-refractivity contribution is 6.07. The lowest BCUT2D eigenvalue weighted by atomic mass is 9.78. The summed E-state index contributed by atoms with van der Waals surface area (Å²) in [5, 5.41) is 3.59. The summed E-state index contributed by atoms with van der Waals surface area (Å²) in [6, 6.07) is 14.4. The van der Waals surface area contributed by atoms with E-state index in [2.05, 4.69) is 5.32 Å². The number of carbonyl (C=O) groups is 2. The standard InChI is InChI=1S/C35H38N2O8/c1-40-27-15-21(16-28(41-2)33(27)44-5)20-13-24-31(26(38)14-20)32(22-17-29(42-3)34(45-6)30(18-22)43-4)37(35(39)19-11-12-19)25-10-8-7-9-23(25)36-24/h7-10,15-20,32,36H,11-14H2,1-6H3/t20-,32+/m1/s1. The molecule has 10 nitrogen and oxygen atoms in total. The van der Waals surface area contributed by atoms with Gasteiger partial charge in [-0.25, -0.2) is 0 Å². The molecule has 0 aromatic heterocycles. The number of nitrogens with one attached hydrogen (secondary N) is 1. The lowest BCUT2D eigenvalue weighted by Crippen LogP contribution is -2.39. The minimum absolute atomic E-state index is 0.0173. The van der Waals surface area contributed by atoms with Crippen LogP contribution in [0.15, 0.2) is 59.8 Å². The maximum Gasteiger partial charge on any atom is 0.231 e. The highest BCUT2D eigenvalue weighted by Crippen LogP contribution is 2.52. The molecule has 0 bridgehead atoms. The van der Waals surface area contributed by atoms with Gasteiger partial charge in [0.1, 0.15) is 0 Å². The van der Waals surface area contributed by atoms with Gasteiger partial charge in [-0.3, -0.25) is 14.5 Å². The van der Waals surface area contributed by atoms with Gasteiger partial charge in [-0.05, 0) is 72.7 Å². The number of nitrogens with zero attached hydrogens (tertiary/aromatic N) is 1. The van der Waals surface area contributed by atoms with Crippen LogP contribution >= 0.6 is 0 Å². The number of benzene rings is 3. The molecule has 1 heterocycles. The van der Waals surface area contributed by atoms with Crippen LogP contribution in [0.4, 0.5) is 11.4 Å². The van der Waals surface area contributed by atoms with E-state index in [1.165, 1.54) is 0 Å². The second-order valence-corrected chi connectivity index (χ2v) is 11.4. The minimum Gasteiger partial charge on any atom is -0.493 e. The van der Waals surface area contributed by atoms with Crippen molar-refractivity contribution < 1.29 is 38.0 Å². The van der Waals surface area contributed by atoms with Crippen molar-refractivity contribution in [3.8, 4) is 34.5 Å². The summed E-state index contributed by atoms with van der Waals surface area (Å²) < 4.78 is 33.8. The highest BCUT2D eigenvalue weighted by Gasteiger charge is 2.45. The smallest absolute Gasteiger partial charge is 0.231 e. The maximum absolute atomic E-state index is 14.5. The summed E-state index contributed by atoms with van der Waals surface area (Å²) in [4.78, 5) is 30.5.